The smallest absolute Gasteiger partial charge is 0.309 e. The lowest BCUT2D eigenvalue weighted by atomic mass is 9.98. The quantitative estimate of drug-likeness (QED) is 0.697. The minimum absolute atomic E-state index is 0.0291. The maximum absolute atomic E-state index is 11.8. The number of carbonyl (C=O) groups is 1. The number of hydrogen-bond acceptors (Lipinski definition) is 3. The molecule has 1 aliphatic heterocycles. The van der Waals surface area contributed by atoms with E-state index in [1.54, 1.807) is 0 Å². The molecule has 3 nitrogen and oxygen atoms in total. The maximum Gasteiger partial charge on any atom is 0.309 e. The number of carbonyl (C=O) groups excluding carboxylic acids is 1. The lowest BCUT2D eigenvalue weighted by molar-refractivity contribution is -0.151. The second-order valence-corrected chi connectivity index (χ2v) is 5.07. The van der Waals surface area contributed by atoms with Crippen molar-refractivity contribution >= 4 is 5.97 Å². The molecule has 0 saturated carbocycles. The van der Waals surface area contributed by atoms with Crippen LogP contribution < -0.4 is 5.32 Å². The SMILES string of the molecule is CCCCC(CC)COC(=O)C1CCNCC1. The molecular weight excluding hydrogens is 214 g/mol. The highest BCUT2D eigenvalue weighted by molar-refractivity contribution is 5.72. The molecule has 1 saturated heterocycles. The first-order valence-electron chi connectivity index (χ1n) is 7.15. The Hall–Kier alpha value is -0.570. The first-order chi connectivity index (χ1) is 8.27. The molecule has 1 fully saturated rings. The van der Waals surface area contributed by atoms with Crippen LogP contribution >= 0.6 is 0 Å². The van der Waals surface area contributed by atoms with Crippen LogP contribution in [0.3, 0.4) is 0 Å². The molecule has 0 radical (unpaired) electrons. The molecule has 1 N–H and O–H groups in total. The molecule has 0 aromatic heterocycles. The van der Waals surface area contributed by atoms with E-state index in [1.165, 1.54) is 19.3 Å². The Morgan fingerprint density at radius 2 is 2.06 bits per heavy atom. The van der Waals surface area contributed by atoms with Crippen molar-refractivity contribution in [3.63, 3.8) is 0 Å². The van der Waals surface area contributed by atoms with Crippen LogP contribution in [0.25, 0.3) is 0 Å². The van der Waals surface area contributed by atoms with Gasteiger partial charge in [-0.25, -0.2) is 0 Å². The van der Waals surface area contributed by atoms with E-state index in [0.29, 0.717) is 12.5 Å². The molecule has 0 aromatic carbocycles. The summed E-state index contributed by atoms with van der Waals surface area (Å²) >= 11 is 0. The number of unbranched alkanes of at least 4 members (excludes halogenated alkanes) is 1. The van der Waals surface area contributed by atoms with Gasteiger partial charge in [-0.05, 0) is 38.3 Å². The Balaban J connectivity index is 2.20. The van der Waals surface area contributed by atoms with E-state index in [0.717, 1.165) is 32.4 Å². The van der Waals surface area contributed by atoms with Gasteiger partial charge >= 0.3 is 5.97 Å². The Morgan fingerprint density at radius 1 is 1.35 bits per heavy atom. The molecule has 100 valence electrons. The fourth-order valence-corrected chi connectivity index (χ4v) is 2.27. The normalized spacial score (nSPS) is 18.9. The van der Waals surface area contributed by atoms with E-state index < -0.39 is 0 Å². The summed E-state index contributed by atoms with van der Waals surface area (Å²) in [5.41, 5.74) is 0. The summed E-state index contributed by atoms with van der Waals surface area (Å²) in [4.78, 5) is 11.8. The van der Waals surface area contributed by atoms with Gasteiger partial charge in [0.2, 0.25) is 0 Å². The van der Waals surface area contributed by atoms with E-state index in [1.807, 2.05) is 0 Å². The standard InChI is InChI=1S/C14H27NO2/c1-3-5-6-12(4-2)11-17-14(16)13-7-9-15-10-8-13/h12-13,15H,3-11H2,1-2H3. The fraction of sp³-hybridized carbons (Fsp3) is 0.929. The minimum Gasteiger partial charge on any atom is -0.465 e. The van der Waals surface area contributed by atoms with Crippen molar-refractivity contribution in [2.24, 2.45) is 11.8 Å². The van der Waals surface area contributed by atoms with E-state index in [4.69, 9.17) is 4.74 Å². The molecule has 0 amide bonds. The van der Waals surface area contributed by atoms with Gasteiger partial charge in [-0.15, -0.1) is 0 Å². The monoisotopic (exact) mass is 241 g/mol. The average molecular weight is 241 g/mol. The fourth-order valence-electron chi connectivity index (χ4n) is 2.27. The second-order valence-electron chi connectivity index (χ2n) is 5.07. The summed E-state index contributed by atoms with van der Waals surface area (Å²) in [7, 11) is 0. The predicted molar refractivity (Wildman–Crippen MR) is 69.9 cm³/mol. The van der Waals surface area contributed by atoms with Crippen molar-refractivity contribution in [1.82, 2.24) is 5.32 Å². The maximum atomic E-state index is 11.8. The number of ether oxygens (including phenoxy) is 1. The molecule has 3 heteroatoms. The van der Waals surface area contributed by atoms with Gasteiger partial charge in [0.05, 0.1) is 12.5 Å². The summed E-state index contributed by atoms with van der Waals surface area (Å²) in [5.74, 6) is 0.724. The first kappa shape index (κ1) is 14.5. The van der Waals surface area contributed by atoms with Gasteiger partial charge in [0.15, 0.2) is 0 Å². The third-order valence-corrected chi connectivity index (χ3v) is 3.68. The highest BCUT2D eigenvalue weighted by Crippen LogP contribution is 2.17. The predicted octanol–water partition coefficient (Wildman–Crippen LogP) is 2.75. The Kier molecular flexibility index (Phi) is 7.25. The van der Waals surface area contributed by atoms with Crippen LogP contribution in [0.2, 0.25) is 0 Å². The third kappa shape index (κ3) is 5.53. The molecule has 1 unspecified atom stereocenters. The van der Waals surface area contributed by atoms with Crippen molar-refractivity contribution in [2.45, 2.75) is 52.4 Å². The largest absolute Gasteiger partial charge is 0.465 e. The van der Waals surface area contributed by atoms with Crippen LogP contribution in [0.1, 0.15) is 52.4 Å². The number of nitrogens with one attached hydrogen (secondary N) is 1. The van der Waals surface area contributed by atoms with Gasteiger partial charge in [0, 0.05) is 0 Å². The highest BCUT2D eigenvalue weighted by Gasteiger charge is 2.22. The summed E-state index contributed by atoms with van der Waals surface area (Å²) < 4.78 is 5.46. The molecule has 1 heterocycles. The van der Waals surface area contributed by atoms with E-state index in [-0.39, 0.29) is 11.9 Å². The molecule has 0 spiro atoms. The van der Waals surface area contributed by atoms with Crippen LogP contribution in [0.15, 0.2) is 0 Å². The third-order valence-electron chi connectivity index (χ3n) is 3.68. The lowest BCUT2D eigenvalue weighted by Crippen LogP contribution is -2.33. The highest BCUT2D eigenvalue weighted by atomic mass is 16.5. The van der Waals surface area contributed by atoms with Gasteiger partial charge in [-0.3, -0.25) is 4.79 Å². The lowest BCUT2D eigenvalue weighted by Gasteiger charge is -2.22. The number of rotatable bonds is 7. The van der Waals surface area contributed by atoms with Crippen molar-refractivity contribution in [1.29, 1.82) is 0 Å². The summed E-state index contributed by atoms with van der Waals surface area (Å²) in [6.45, 7) is 6.91. The Bertz CT molecular complexity index is 212. The average Bonchev–Trinajstić information content (AvgIpc) is 2.39. The first-order valence-corrected chi connectivity index (χ1v) is 7.15. The summed E-state index contributed by atoms with van der Waals surface area (Å²) in [5, 5.41) is 3.27. The molecule has 1 atom stereocenters. The molecule has 1 rings (SSSR count). The van der Waals surface area contributed by atoms with Crippen LogP contribution in [0, 0.1) is 11.8 Å². The Labute approximate surface area is 105 Å². The van der Waals surface area contributed by atoms with E-state index >= 15 is 0 Å². The molecule has 1 aliphatic rings. The number of piperidine rings is 1. The van der Waals surface area contributed by atoms with Gasteiger partial charge in [-0.1, -0.05) is 33.1 Å². The van der Waals surface area contributed by atoms with Crippen molar-refractivity contribution in [3.8, 4) is 0 Å². The van der Waals surface area contributed by atoms with Gasteiger partial charge in [-0.2, -0.15) is 0 Å². The van der Waals surface area contributed by atoms with Crippen LogP contribution in [0.5, 0.6) is 0 Å². The van der Waals surface area contributed by atoms with E-state index in [2.05, 4.69) is 19.2 Å². The molecular formula is C14H27NO2. The van der Waals surface area contributed by atoms with Crippen molar-refractivity contribution in [2.75, 3.05) is 19.7 Å². The molecule has 17 heavy (non-hydrogen) atoms. The van der Waals surface area contributed by atoms with Crippen LogP contribution in [0.4, 0.5) is 0 Å². The molecule has 0 bridgehead atoms. The Morgan fingerprint density at radius 3 is 2.65 bits per heavy atom. The van der Waals surface area contributed by atoms with Crippen LogP contribution in [-0.4, -0.2) is 25.7 Å². The van der Waals surface area contributed by atoms with Crippen LogP contribution in [-0.2, 0) is 9.53 Å². The van der Waals surface area contributed by atoms with Gasteiger partial charge in [0.25, 0.3) is 0 Å². The zero-order valence-electron chi connectivity index (χ0n) is 11.3. The van der Waals surface area contributed by atoms with E-state index in [9.17, 15) is 4.79 Å². The minimum atomic E-state index is 0.0291. The van der Waals surface area contributed by atoms with Crippen molar-refractivity contribution in [3.05, 3.63) is 0 Å². The summed E-state index contributed by atoms with van der Waals surface area (Å²) in [6, 6.07) is 0. The summed E-state index contributed by atoms with van der Waals surface area (Å²) in [6.07, 6.45) is 6.63. The van der Waals surface area contributed by atoms with Crippen molar-refractivity contribution < 1.29 is 9.53 Å². The van der Waals surface area contributed by atoms with Gasteiger partial charge < -0.3 is 10.1 Å². The number of esters is 1. The zero-order chi connectivity index (χ0) is 12.5. The topological polar surface area (TPSA) is 38.3 Å². The number of hydrogen-bond donors (Lipinski definition) is 1. The molecule has 0 aromatic rings. The molecule has 0 aliphatic carbocycles. The second kappa shape index (κ2) is 8.51. The van der Waals surface area contributed by atoms with Gasteiger partial charge in [0.1, 0.15) is 0 Å². The zero-order valence-corrected chi connectivity index (χ0v) is 11.3.